The molecule has 0 atom stereocenters. The third-order valence-electron chi connectivity index (χ3n) is 7.49. The largest absolute Gasteiger partial charge is 0.420 e. The number of esters is 1. The Bertz CT molecular complexity index is 1570. The number of fused-ring (bicyclic) bond motifs is 2. The molecule has 0 saturated carbocycles. The Morgan fingerprint density at radius 3 is 1.92 bits per heavy atom. The van der Waals surface area contributed by atoms with Crippen molar-refractivity contribution in [2.24, 2.45) is 0 Å². The number of benzene rings is 3. The minimum atomic E-state index is -0.318. The third kappa shape index (κ3) is 4.46. The van der Waals surface area contributed by atoms with Crippen molar-refractivity contribution in [1.29, 1.82) is 0 Å². The molecular weight excluding hydrogens is 456 g/mol. The van der Waals surface area contributed by atoms with Gasteiger partial charge in [0.25, 0.3) is 0 Å². The van der Waals surface area contributed by atoms with Crippen LogP contribution in [0.5, 0.6) is 5.75 Å². The molecule has 0 saturated heterocycles. The van der Waals surface area contributed by atoms with E-state index >= 15 is 0 Å². The molecule has 3 aromatic carbocycles. The molecule has 0 aliphatic rings. The van der Waals surface area contributed by atoms with Crippen LogP contribution in [0.15, 0.2) is 72.8 Å². The minimum Gasteiger partial charge on any atom is -0.420 e. The SMILES string of the molecule is CCCCn1c(C)c(OC(=O)c2ccccc2-c2c(C)n(CCCC)c3ccccc23)c2ccccc21. The maximum absolute atomic E-state index is 13.8. The van der Waals surface area contributed by atoms with Crippen LogP contribution in [-0.4, -0.2) is 15.1 Å². The van der Waals surface area contributed by atoms with E-state index in [9.17, 15) is 4.79 Å². The molecule has 2 heterocycles. The molecule has 0 unspecified atom stereocenters. The zero-order valence-corrected chi connectivity index (χ0v) is 22.4. The van der Waals surface area contributed by atoms with E-state index in [0.29, 0.717) is 11.3 Å². The molecule has 0 fully saturated rings. The fourth-order valence-corrected chi connectivity index (χ4v) is 5.53. The second-order valence-electron chi connectivity index (χ2n) is 9.85. The van der Waals surface area contributed by atoms with Crippen molar-refractivity contribution in [2.75, 3.05) is 0 Å². The predicted molar refractivity (Wildman–Crippen MR) is 154 cm³/mol. The Morgan fingerprint density at radius 2 is 1.24 bits per heavy atom. The lowest BCUT2D eigenvalue weighted by atomic mass is 9.97. The van der Waals surface area contributed by atoms with Crippen molar-refractivity contribution < 1.29 is 9.53 Å². The van der Waals surface area contributed by atoms with Gasteiger partial charge in [0, 0.05) is 40.6 Å². The van der Waals surface area contributed by atoms with Crippen molar-refractivity contribution in [3.05, 3.63) is 89.7 Å². The first-order chi connectivity index (χ1) is 18.1. The number of rotatable bonds is 9. The molecule has 2 aromatic heterocycles. The second kappa shape index (κ2) is 10.7. The highest BCUT2D eigenvalue weighted by Gasteiger charge is 2.23. The Balaban J connectivity index is 1.60. The standard InChI is InChI=1S/C33H36N2O2/c1-5-7-21-34-23(3)31(27-17-11-13-19-29(27)34)25-15-9-10-16-26(25)33(36)37-32-24(4)35(22-8-6-2)30-20-14-12-18-28(30)32/h9-20H,5-8,21-22H2,1-4H3. The highest BCUT2D eigenvalue weighted by molar-refractivity contribution is 6.06. The van der Waals surface area contributed by atoms with Crippen molar-refractivity contribution in [2.45, 2.75) is 66.5 Å². The summed E-state index contributed by atoms with van der Waals surface area (Å²) in [5, 5.41) is 2.15. The van der Waals surface area contributed by atoms with Gasteiger partial charge in [-0.2, -0.15) is 0 Å². The molecule has 5 rings (SSSR count). The van der Waals surface area contributed by atoms with Gasteiger partial charge in [0.1, 0.15) is 0 Å². The number of aryl methyl sites for hydroxylation is 2. The summed E-state index contributed by atoms with van der Waals surface area (Å²) in [7, 11) is 0. The van der Waals surface area contributed by atoms with Crippen LogP contribution in [0.3, 0.4) is 0 Å². The summed E-state index contributed by atoms with van der Waals surface area (Å²) in [5.41, 5.74) is 7.12. The summed E-state index contributed by atoms with van der Waals surface area (Å²) < 4.78 is 10.9. The van der Waals surface area contributed by atoms with Crippen molar-refractivity contribution >= 4 is 27.8 Å². The Kier molecular flexibility index (Phi) is 7.18. The molecule has 5 aromatic rings. The zero-order chi connectivity index (χ0) is 25.9. The van der Waals surface area contributed by atoms with Crippen LogP contribution in [0, 0.1) is 13.8 Å². The number of hydrogen-bond donors (Lipinski definition) is 0. The van der Waals surface area contributed by atoms with Gasteiger partial charge in [-0.1, -0.05) is 75.2 Å². The molecule has 0 bridgehead atoms. The van der Waals surface area contributed by atoms with Gasteiger partial charge in [-0.25, -0.2) is 4.79 Å². The molecular formula is C33H36N2O2. The van der Waals surface area contributed by atoms with Crippen LogP contribution in [-0.2, 0) is 13.1 Å². The molecule has 4 nitrogen and oxygen atoms in total. The van der Waals surface area contributed by atoms with Crippen LogP contribution < -0.4 is 4.74 Å². The van der Waals surface area contributed by atoms with Crippen LogP contribution in [0.25, 0.3) is 32.9 Å². The molecule has 0 aliphatic heterocycles. The van der Waals surface area contributed by atoms with E-state index in [4.69, 9.17) is 4.74 Å². The number of ether oxygens (including phenoxy) is 1. The smallest absolute Gasteiger partial charge is 0.344 e. The number of para-hydroxylation sites is 2. The summed E-state index contributed by atoms with van der Waals surface area (Å²) >= 11 is 0. The predicted octanol–water partition coefficient (Wildman–Crippen LogP) is 8.70. The Hall–Kier alpha value is -3.79. The molecule has 4 heteroatoms. The normalized spacial score (nSPS) is 11.5. The van der Waals surface area contributed by atoms with Gasteiger partial charge in [0.05, 0.1) is 16.8 Å². The summed E-state index contributed by atoms with van der Waals surface area (Å²) in [5.74, 6) is 0.343. The first kappa shape index (κ1) is 24.9. The highest BCUT2D eigenvalue weighted by atomic mass is 16.5. The van der Waals surface area contributed by atoms with Gasteiger partial charge in [-0.15, -0.1) is 0 Å². The van der Waals surface area contributed by atoms with E-state index in [1.165, 1.54) is 16.6 Å². The lowest BCUT2D eigenvalue weighted by Crippen LogP contribution is -2.11. The lowest BCUT2D eigenvalue weighted by molar-refractivity contribution is 0.0736. The summed E-state index contributed by atoms with van der Waals surface area (Å²) in [6, 6.07) is 24.6. The number of aromatic nitrogens is 2. The van der Waals surface area contributed by atoms with E-state index in [0.717, 1.165) is 66.5 Å². The molecule has 0 aliphatic carbocycles. The van der Waals surface area contributed by atoms with E-state index in [2.05, 4.69) is 67.2 Å². The zero-order valence-electron chi connectivity index (χ0n) is 22.4. The van der Waals surface area contributed by atoms with Crippen molar-refractivity contribution in [1.82, 2.24) is 9.13 Å². The average molecular weight is 493 g/mol. The van der Waals surface area contributed by atoms with Crippen LogP contribution >= 0.6 is 0 Å². The number of unbranched alkanes of at least 4 members (excludes halogenated alkanes) is 2. The van der Waals surface area contributed by atoms with Gasteiger partial charge in [0.2, 0.25) is 0 Å². The molecule has 0 N–H and O–H groups in total. The van der Waals surface area contributed by atoms with Gasteiger partial charge < -0.3 is 13.9 Å². The topological polar surface area (TPSA) is 36.2 Å². The van der Waals surface area contributed by atoms with Crippen LogP contribution in [0.4, 0.5) is 0 Å². The van der Waals surface area contributed by atoms with Gasteiger partial charge >= 0.3 is 5.97 Å². The first-order valence-corrected chi connectivity index (χ1v) is 13.5. The number of carbonyl (C=O) groups is 1. The van der Waals surface area contributed by atoms with E-state index in [1.807, 2.05) is 42.5 Å². The molecule has 0 amide bonds. The van der Waals surface area contributed by atoms with Crippen molar-refractivity contribution in [3.63, 3.8) is 0 Å². The fraction of sp³-hybridized carbons (Fsp3) is 0.303. The van der Waals surface area contributed by atoms with Crippen LogP contribution in [0.1, 0.15) is 61.3 Å². The summed E-state index contributed by atoms with van der Waals surface area (Å²) in [6.45, 7) is 10.5. The van der Waals surface area contributed by atoms with Crippen LogP contribution in [0.2, 0.25) is 0 Å². The second-order valence-corrected chi connectivity index (χ2v) is 9.85. The van der Waals surface area contributed by atoms with E-state index in [-0.39, 0.29) is 5.97 Å². The molecule has 0 spiro atoms. The van der Waals surface area contributed by atoms with Gasteiger partial charge in [-0.3, -0.25) is 0 Å². The van der Waals surface area contributed by atoms with Crippen molar-refractivity contribution in [3.8, 4) is 16.9 Å². The average Bonchev–Trinajstić information content (AvgIpc) is 3.35. The van der Waals surface area contributed by atoms with Gasteiger partial charge in [0.15, 0.2) is 5.75 Å². The highest BCUT2D eigenvalue weighted by Crippen LogP contribution is 2.38. The number of carbonyl (C=O) groups excluding carboxylic acids is 1. The fourth-order valence-electron chi connectivity index (χ4n) is 5.53. The monoisotopic (exact) mass is 492 g/mol. The molecule has 37 heavy (non-hydrogen) atoms. The Morgan fingerprint density at radius 1 is 0.703 bits per heavy atom. The maximum atomic E-state index is 13.8. The summed E-state index contributed by atoms with van der Waals surface area (Å²) in [4.78, 5) is 13.8. The summed E-state index contributed by atoms with van der Waals surface area (Å²) in [6.07, 6.45) is 4.44. The quantitative estimate of drug-likeness (QED) is 0.193. The number of hydrogen-bond acceptors (Lipinski definition) is 2. The molecule has 0 radical (unpaired) electrons. The van der Waals surface area contributed by atoms with E-state index in [1.54, 1.807) is 0 Å². The maximum Gasteiger partial charge on any atom is 0.344 e. The Labute approximate surface area is 219 Å². The van der Waals surface area contributed by atoms with E-state index < -0.39 is 0 Å². The van der Waals surface area contributed by atoms with Gasteiger partial charge in [-0.05, 0) is 56.5 Å². The lowest BCUT2D eigenvalue weighted by Gasteiger charge is -2.12. The molecule has 190 valence electrons. The third-order valence-corrected chi connectivity index (χ3v) is 7.49. The number of nitrogens with zero attached hydrogens (tertiary/aromatic N) is 2. The first-order valence-electron chi connectivity index (χ1n) is 13.5. The minimum absolute atomic E-state index is 0.318.